The Morgan fingerprint density at radius 3 is 2.75 bits per heavy atom. The van der Waals surface area contributed by atoms with Crippen molar-refractivity contribution in [2.75, 3.05) is 19.0 Å². The number of methoxy groups -OCH3 is 1. The normalized spacial score (nSPS) is 25.4. The first kappa shape index (κ1) is 18.9. The third kappa shape index (κ3) is 3.76. The van der Waals surface area contributed by atoms with Crippen molar-refractivity contribution in [3.05, 3.63) is 18.3 Å². The van der Waals surface area contributed by atoms with Gasteiger partial charge in [-0.05, 0) is 51.0 Å². The lowest BCUT2D eigenvalue weighted by Crippen LogP contribution is -2.33. The van der Waals surface area contributed by atoms with Gasteiger partial charge >= 0.3 is 0 Å². The first-order valence-electron chi connectivity index (χ1n) is 10.1. The molecule has 1 unspecified atom stereocenters. The molecule has 0 spiro atoms. The van der Waals surface area contributed by atoms with E-state index in [1.54, 1.807) is 7.11 Å². The number of nitrogens with zero attached hydrogens (tertiary/aromatic N) is 2. The molecule has 1 aromatic heterocycles. The van der Waals surface area contributed by atoms with Gasteiger partial charge in [0.2, 0.25) is 0 Å². The number of aldehydes is 1. The van der Waals surface area contributed by atoms with Gasteiger partial charge in [-0.3, -0.25) is 9.48 Å². The van der Waals surface area contributed by atoms with Crippen molar-refractivity contribution in [3.8, 4) is 5.75 Å². The van der Waals surface area contributed by atoms with Gasteiger partial charge < -0.3 is 19.6 Å². The van der Waals surface area contributed by atoms with E-state index in [9.17, 15) is 9.59 Å². The smallest absolute Gasteiger partial charge is 0.253 e. The topological polar surface area (TPSA) is 82.5 Å². The summed E-state index contributed by atoms with van der Waals surface area (Å²) in [6.45, 7) is 0.632. The van der Waals surface area contributed by atoms with E-state index in [0.29, 0.717) is 18.0 Å². The third-order valence-electron chi connectivity index (χ3n) is 5.93. The van der Waals surface area contributed by atoms with Crippen LogP contribution in [0.2, 0.25) is 0 Å². The van der Waals surface area contributed by atoms with Gasteiger partial charge in [0.05, 0.1) is 30.6 Å². The summed E-state index contributed by atoms with van der Waals surface area (Å²) in [5, 5.41) is 8.51. The Labute approximate surface area is 164 Å². The van der Waals surface area contributed by atoms with Crippen molar-refractivity contribution in [3.63, 3.8) is 0 Å². The summed E-state index contributed by atoms with van der Waals surface area (Å²) in [6, 6.07) is 4.13. The molecule has 0 radical (unpaired) electrons. The average Bonchev–Trinajstić information content (AvgIpc) is 3.16. The second-order valence-corrected chi connectivity index (χ2v) is 7.75. The zero-order valence-corrected chi connectivity index (χ0v) is 16.2. The fourth-order valence-electron chi connectivity index (χ4n) is 4.27. The van der Waals surface area contributed by atoms with Gasteiger partial charge in [-0.15, -0.1) is 0 Å². The van der Waals surface area contributed by atoms with Gasteiger partial charge in [-0.25, -0.2) is 0 Å². The molecule has 2 heterocycles. The minimum Gasteiger partial charge on any atom is -0.494 e. The van der Waals surface area contributed by atoms with Crippen LogP contribution < -0.4 is 10.1 Å². The van der Waals surface area contributed by atoms with Crippen LogP contribution >= 0.6 is 0 Å². The largest absolute Gasteiger partial charge is 0.494 e. The molecule has 2 aliphatic rings. The first-order valence-corrected chi connectivity index (χ1v) is 10.1. The molecule has 1 atom stereocenters. The van der Waals surface area contributed by atoms with E-state index >= 15 is 0 Å². The fourth-order valence-corrected chi connectivity index (χ4v) is 4.27. The van der Waals surface area contributed by atoms with Crippen molar-refractivity contribution in [2.45, 2.75) is 57.1 Å². The number of benzene rings is 1. The minimum atomic E-state index is -0.398. The second kappa shape index (κ2) is 8.31. The summed E-state index contributed by atoms with van der Waals surface area (Å²) in [7, 11) is 1.60. The Morgan fingerprint density at radius 2 is 2.07 bits per heavy atom. The number of nitrogens with one attached hydrogen (secondary N) is 1. The lowest BCUT2D eigenvalue weighted by Gasteiger charge is -2.26. The summed E-state index contributed by atoms with van der Waals surface area (Å²) in [5.74, 6) is 0.661. The summed E-state index contributed by atoms with van der Waals surface area (Å²) < 4.78 is 13.2. The zero-order valence-electron chi connectivity index (χ0n) is 16.2. The zero-order chi connectivity index (χ0) is 19.5. The molecular formula is C21H27N3O4. The van der Waals surface area contributed by atoms with Crippen LogP contribution in [0, 0.1) is 5.92 Å². The summed E-state index contributed by atoms with van der Waals surface area (Å²) in [5.41, 5.74) is 1.62. The molecule has 1 N–H and O–H groups in total. The number of hydrogen-bond donors (Lipinski definition) is 1. The molecule has 2 fully saturated rings. The number of amides is 1. The SMILES string of the molecule is COc1cc2c(cnn2C2CCC(C=O)CC2)cc1NC(=O)C1CCCCO1. The van der Waals surface area contributed by atoms with E-state index in [2.05, 4.69) is 10.4 Å². The number of carbonyl (C=O) groups is 2. The highest BCUT2D eigenvalue weighted by atomic mass is 16.5. The van der Waals surface area contributed by atoms with Crippen LogP contribution in [-0.2, 0) is 14.3 Å². The summed E-state index contributed by atoms with van der Waals surface area (Å²) in [6.07, 6.45) is 8.96. The van der Waals surface area contributed by atoms with Crippen LogP contribution in [-0.4, -0.2) is 41.8 Å². The molecule has 2 aromatic rings. The molecular weight excluding hydrogens is 358 g/mol. The quantitative estimate of drug-likeness (QED) is 0.797. The molecule has 1 saturated heterocycles. The number of rotatable bonds is 5. The van der Waals surface area contributed by atoms with Gasteiger partial charge in [0.1, 0.15) is 18.1 Å². The van der Waals surface area contributed by atoms with Gasteiger partial charge in [-0.1, -0.05) is 0 Å². The highest BCUT2D eigenvalue weighted by Crippen LogP contribution is 2.36. The van der Waals surface area contributed by atoms with Gasteiger partial charge in [0.15, 0.2) is 0 Å². The van der Waals surface area contributed by atoms with E-state index in [1.165, 1.54) is 0 Å². The lowest BCUT2D eigenvalue weighted by molar-refractivity contribution is -0.130. The maximum atomic E-state index is 12.5. The van der Waals surface area contributed by atoms with Crippen LogP contribution in [0.4, 0.5) is 5.69 Å². The predicted octanol–water partition coefficient (Wildman–Crippen LogP) is 3.48. The maximum Gasteiger partial charge on any atom is 0.253 e. The molecule has 150 valence electrons. The number of ether oxygens (including phenoxy) is 2. The minimum absolute atomic E-state index is 0.128. The molecule has 1 saturated carbocycles. The standard InChI is InChI=1S/C21H27N3O4/c1-27-20-11-18-15(10-17(20)23-21(26)19-4-2-3-9-28-19)12-22-24(18)16-7-5-14(13-25)6-8-16/h10-14,16,19H,2-9H2,1H3,(H,23,26). The molecule has 28 heavy (non-hydrogen) atoms. The van der Waals surface area contributed by atoms with Crippen LogP contribution in [0.1, 0.15) is 51.0 Å². The van der Waals surface area contributed by atoms with Gasteiger partial charge in [-0.2, -0.15) is 5.10 Å². The Hall–Kier alpha value is -2.41. The summed E-state index contributed by atoms with van der Waals surface area (Å²) in [4.78, 5) is 23.5. The van der Waals surface area contributed by atoms with Crippen molar-refractivity contribution in [2.24, 2.45) is 5.92 Å². The Kier molecular flexibility index (Phi) is 5.62. The molecule has 0 bridgehead atoms. The van der Waals surface area contributed by atoms with Crippen molar-refractivity contribution in [1.82, 2.24) is 9.78 Å². The number of anilines is 1. The predicted molar refractivity (Wildman–Crippen MR) is 106 cm³/mol. The molecule has 1 aromatic carbocycles. The number of fused-ring (bicyclic) bond motifs is 1. The van der Waals surface area contributed by atoms with Gasteiger partial charge in [0.25, 0.3) is 5.91 Å². The van der Waals surface area contributed by atoms with Gasteiger partial charge in [0, 0.05) is 24.0 Å². The molecule has 1 aliphatic carbocycles. The Morgan fingerprint density at radius 1 is 1.25 bits per heavy atom. The molecule has 7 nitrogen and oxygen atoms in total. The van der Waals surface area contributed by atoms with Crippen LogP contribution in [0.15, 0.2) is 18.3 Å². The van der Waals surface area contributed by atoms with E-state index in [0.717, 1.165) is 62.1 Å². The maximum absolute atomic E-state index is 12.5. The van der Waals surface area contributed by atoms with Crippen molar-refractivity contribution in [1.29, 1.82) is 0 Å². The lowest BCUT2D eigenvalue weighted by atomic mass is 9.87. The fraction of sp³-hybridized carbons (Fsp3) is 0.571. The van der Waals surface area contributed by atoms with Crippen LogP contribution in [0.25, 0.3) is 10.9 Å². The summed E-state index contributed by atoms with van der Waals surface area (Å²) >= 11 is 0. The third-order valence-corrected chi connectivity index (χ3v) is 5.93. The number of hydrogen-bond acceptors (Lipinski definition) is 5. The molecule has 1 aliphatic heterocycles. The van der Waals surface area contributed by atoms with Crippen molar-refractivity contribution < 1.29 is 19.1 Å². The monoisotopic (exact) mass is 385 g/mol. The van der Waals surface area contributed by atoms with E-state index in [1.807, 2.05) is 23.0 Å². The molecule has 1 amide bonds. The van der Waals surface area contributed by atoms with Crippen molar-refractivity contribution >= 4 is 28.8 Å². The van der Waals surface area contributed by atoms with E-state index in [-0.39, 0.29) is 17.9 Å². The van der Waals surface area contributed by atoms with E-state index in [4.69, 9.17) is 9.47 Å². The Balaban J connectivity index is 1.56. The molecule has 4 rings (SSSR count). The molecule has 7 heteroatoms. The van der Waals surface area contributed by atoms with Crippen LogP contribution in [0.5, 0.6) is 5.75 Å². The average molecular weight is 385 g/mol. The van der Waals surface area contributed by atoms with E-state index < -0.39 is 6.10 Å². The second-order valence-electron chi connectivity index (χ2n) is 7.75. The first-order chi connectivity index (χ1) is 13.7. The highest BCUT2D eigenvalue weighted by molar-refractivity contribution is 5.98. The Bertz CT molecular complexity index is 849. The van der Waals surface area contributed by atoms with Crippen LogP contribution in [0.3, 0.4) is 0 Å². The highest BCUT2D eigenvalue weighted by Gasteiger charge is 2.25. The number of carbonyl (C=O) groups excluding carboxylic acids is 2. The number of aromatic nitrogens is 2.